The average molecular weight is 212 g/mol. The maximum atomic E-state index is 5.52. The van der Waals surface area contributed by atoms with Crippen LogP contribution in [0.15, 0.2) is 24.3 Å². The fourth-order valence-electron chi connectivity index (χ4n) is 1.37. The molecule has 0 bridgehead atoms. The van der Waals surface area contributed by atoms with Crippen LogP contribution in [-0.2, 0) is 6.42 Å². The van der Waals surface area contributed by atoms with Gasteiger partial charge in [0, 0.05) is 6.54 Å². The van der Waals surface area contributed by atoms with E-state index in [1.807, 2.05) is 0 Å². The number of hydrogen-bond donors (Lipinski definition) is 1. The Hall–Kier alpha value is -0.530. The number of rotatable bonds is 5. The molecule has 1 rings (SSSR count). The highest BCUT2D eigenvalue weighted by atomic mass is 35.5. The highest BCUT2D eigenvalue weighted by molar-refractivity contribution is 6.17. The van der Waals surface area contributed by atoms with E-state index in [1.54, 1.807) is 0 Å². The smallest absolute Gasteiger partial charge is 0.0713 e. The van der Waals surface area contributed by atoms with Crippen LogP contribution >= 0.6 is 11.6 Å². The molecular weight excluding hydrogens is 194 g/mol. The molecule has 0 spiro atoms. The van der Waals surface area contributed by atoms with Crippen LogP contribution < -0.4 is 5.32 Å². The maximum Gasteiger partial charge on any atom is 0.0713 e. The van der Waals surface area contributed by atoms with Crippen molar-refractivity contribution in [2.75, 3.05) is 12.5 Å². The van der Waals surface area contributed by atoms with Gasteiger partial charge in [-0.05, 0) is 23.5 Å². The Morgan fingerprint density at radius 3 is 2.36 bits per heavy atom. The van der Waals surface area contributed by atoms with E-state index in [0.29, 0.717) is 11.9 Å². The van der Waals surface area contributed by atoms with Gasteiger partial charge in [0.15, 0.2) is 0 Å². The van der Waals surface area contributed by atoms with E-state index in [4.69, 9.17) is 11.6 Å². The van der Waals surface area contributed by atoms with E-state index >= 15 is 0 Å². The van der Waals surface area contributed by atoms with Crippen molar-refractivity contribution in [3.63, 3.8) is 0 Å². The van der Waals surface area contributed by atoms with Crippen molar-refractivity contribution >= 4 is 11.6 Å². The van der Waals surface area contributed by atoms with Crippen molar-refractivity contribution < 1.29 is 0 Å². The topological polar surface area (TPSA) is 12.0 Å². The minimum atomic E-state index is 0.532. The van der Waals surface area contributed by atoms with E-state index in [-0.39, 0.29) is 0 Å². The van der Waals surface area contributed by atoms with Crippen LogP contribution in [-0.4, -0.2) is 12.5 Å². The molecule has 0 aliphatic carbocycles. The second kappa shape index (κ2) is 6.05. The quantitative estimate of drug-likeness (QED) is 0.448. The molecule has 0 aliphatic heterocycles. The lowest BCUT2D eigenvalue weighted by Gasteiger charge is -2.06. The van der Waals surface area contributed by atoms with Gasteiger partial charge in [-0.3, -0.25) is 0 Å². The number of benzene rings is 1. The largest absolute Gasteiger partial charge is 0.304 e. The number of hydrogen-bond acceptors (Lipinski definition) is 1. The fourth-order valence-corrected chi connectivity index (χ4v) is 1.50. The van der Waals surface area contributed by atoms with Gasteiger partial charge in [-0.15, -0.1) is 11.6 Å². The summed E-state index contributed by atoms with van der Waals surface area (Å²) in [4.78, 5) is 0. The van der Waals surface area contributed by atoms with Crippen molar-refractivity contribution in [3.05, 3.63) is 35.4 Å². The first-order valence-corrected chi connectivity index (χ1v) is 5.63. The highest BCUT2D eigenvalue weighted by Gasteiger charge is 1.98. The molecule has 0 radical (unpaired) electrons. The molecular formula is C12H18ClN. The predicted octanol–water partition coefficient (Wildman–Crippen LogP) is 3.14. The maximum absolute atomic E-state index is 5.52. The Morgan fingerprint density at radius 1 is 1.21 bits per heavy atom. The molecule has 0 saturated carbocycles. The van der Waals surface area contributed by atoms with E-state index in [1.165, 1.54) is 11.1 Å². The molecule has 0 aromatic heterocycles. The molecule has 1 nitrogen and oxygen atoms in total. The zero-order chi connectivity index (χ0) is 10.4. The molecule has 0 aliphatic rings. The monoisotopic (exact) mass is 211 g/mol. The summed E-state index contributed by atoms with van der Waals surface area (Å²) in [5.74, 6) is 0.616. The summed E-state index contributed by atoms with van der Waals surface area (Å²) in [6, 6.07) is 9.35. The standard InChI is InChI=1S/C12H18ClN/c1-10(2)12-5-3-11(4-6-12)7-8-14-9-13/h3-6,10,14H,7-9H2,1-2H3. The van der Waals surface area contributed by atoms with Crippen LogP contribution in [0.4, 0.5) is 0 Å². The molecule has 0 atom stereocenters. The van der Waals surface area contributed by atoms with Gasteiger partial charge in [-0.2, -0.15) is 0 Å². The van der Waals surface area contributed by atoms with Crippen molar-refractivity contribution in [1.82, 2.24) is 5.32 Å². The summed E-state index contributed by atoms with van der Waals surface area (Å²) >= 11 is 5.52. The lowest BCUT2D eigenvalue weighted by atomic mass is 10.0. The first-order chi connectivity index (χ1) is 6.74. The zero-order valence-electron chi connectivity index (χ0n) is 8.89. The second-order valence-electron chi connectivity index (χ2n) is 3.78. The van der Waals surface area contributed by atoms with Crippen LogP contribution in [0.25, 0.3) is 0 Å². The van der Waals surface area contributed by atoms with Gasteiger partial charge in [0.25, 0.3) is 0 Å². The van der Waals surface area contributed by atoms with Crippen molar-refractivity contribution in [2.24, 2.45) is 0 Å². The van der Waals surface area contributed by atoms with Gasteiger partial charge < -0.3 is 5.32 Å². The molecule has 1 aromatic rings. The van der Waals surface area contributed by atoms with E-state index in [9.17, 15) is 0 Å². The molecule has 0 amide bonds. The summed E-state index contributed by atoms with van der Waals surface area (Å²) in [6.45, 7) is 5.37. The molecule has 0 fully saturated rings. The van der Waals surface area contributed by atoms with E-state index in [2.05, 4.69) is 43.4 Å². The zero-order valence-corrected chi connectivity index (χ0v) is 9.64. The molecule has 2 heteroatoms. The van der Waals surface area contributed by atoms with Gasteiger partial charge in [-0.25, -0.2) is 0 Å². The van der Waals surface area contributed by atoms with E-state index in [0.717, 1.165) is 13.0 Å². The SMILES string of the molecule is CC(C)c1ccc(CCNCCl)cc1. The summed E-state index contributed by atoms with van der Waals surface area (Å²) in [6.07, 6.45) is 1.05. The molecule has 1 aromatic carbocycles. The van der Waals surface area contributed by atoms with E-state index < -0.39 is 0 Å². The van der Waals surface area contributed by atoms with Gasteiger partial charge in [0.05, 0.1) is 6.00 Å². The van der Waals surface area contributed by atoms with Gasteiger partial charge in [0.2, 0.25) is 0 Å². The highest BCUT2D eigenvalue weighted by Crippen LogP contribution is 2.14. The van der Waals surface area contributed by atoms with Crippen LogP contribution in [0, 0.1) is 0 Å². The van der Waals surface area contributed by atoms with Crippen LogP contribution in [0.3, 0.4) is 0 Å². The Bertz CT molecular complexity index is 254. The Kier molecular flexibility index (Phi) is 4.99. The second-order valence-corrected chi connectivity index (χ2v) is 4.05. The van der Waals surface area contributed by atoms with Crippen molar-refractivity contribution in [3.8, 4) is 0 Å². The van der Waals surface area contributed by atoms with Crippen LogP contribution in [0.2, 0.25) is 0 Å². The lowest BCUT2D eigenvalue weighted by molar-refractivity contribution is 0.769. The number of alkyl halides is 1. The average Bonchev–Trinajstić information content (AvgIpc) is 2.19. The first-order valence-electron chi connectivity index (χ1n) is 5.09. The summed E-state index contributed by atoms with van der Waals surface area (Å²) in [7, 11) is 0. The summed E-state index contributed by atoms with van der Waals surface area (Å²) in [5, 5.41) is 3.10. The molecule has 1 N–H and O–H groups in total. The Labute approximate surface area is 91.5 Å². The van der Waals surface area contributed by atoms with Crippen LogP contribution in [0.5, 0.6) is 0 Å². The molecule has 78 valence electrons. The van der Waals surface area contributed by atoms with Gasteiger partial charge in [-0.1, -0.05) is 38.1 Å². The molecule has 0 unspecified atom stereocenters. The minimum Gasteiger partial charge on any atom is -0.304 e. The van der Waals surface area contributed by atoms with Gasteiger partial charge >= 0.3 is 0 Å². The van der Waals surface area contributed by atoms with Crippen molar-refractivity contribution in [1.29, 1.82) is 0 Å². The molecule has 0 saturated heterocycles. The van der Waals surface area contributed by atoms with Crippen molar-refractivity contribution in [2.45, 2.75) is 26.2 Å². The summed E-state index contributed by atoms with van der Waals surface area (Å²) in [5.41, 5.74) is 2.77. The molecule has 0 heterocycles. The Morgan fingerprint density at radius 2 is 1.86 bits per heavy atom. The molecule has 14 heavy (non-hydrogen) atoms. The minimum absolute atomic E-state index is 0.532. The predicted molar refractivity (Wildman–Crippen MR) is 63.0 cm³/mol. The Balaban J connectivity index is 2.47. The third-order valence-corrected chi connectivity index (χ3v) is 2.52. The fraction of sp³-hybridized carbons (Fsp3) is 0.500. The first kappa shape index (κ1) is 11.5. The number of nitrogens with one attached hydrogen (secondary N) is 1. The normalized spacial score (nSPS) is 10.9. The third kappa shape index (κ3) is 3.69. The number of halogens is 1. The lowest BCUT2D eigenvalue weighted by Crippen LogP contribution is -2.14. The van der Waals surface area contributed by atoms with Crippen LogP contribution in [0.1, 0.15) is 30.9 Å². The van der Waals surface area contributed by atoms with Gasteiger partial charge in [0.1, 0.15) is 0 Å². The summed E-state index contributed by atoms with van der Waals surface area (Å²) < 4.78 is 0. The third-order valence-electron chi connectivity index (χ3n) is 2.33.